The molecule has 0 radical (unpaired) electrons. The monoisotopic (exact) mass is 397 g/mol. The SMILES string of the molecule is CCCCCN(C)c1ccc(F)cc1CN1C[C@@H](C(C)(C)C)Nc2ccccc21. The van der Waals surface area contributed by atoms with Crippen molar-refractivity contribution >= 4 is 17.1 Å². The van der Waals surface area contributed by atoms with Gasteiger partial charge in [0, 0.05) is 38.4 Å². The van der Waals surface area contributed by atoms with Crippen molar-refractivity contribution in [1.82, 2.24) is 0 Å². The van der Waals surface area contributed by atoms with Crippen molar-refractivity contribution in [3.05, 3.63) is 53.8 Å². The molecule has 2 aromatic rings. The van der Waals surface area contributed by atoms with Crippen LogP contribution in [0.25, 0.3) is 0 Å². The van der Waals surface area contributed by atoms with Gasteiger partial charge < -0.3 is 15.1 Å². The molecule has 3 nitrogen and oxygen atoms in total. The second-order valence-corrected chi connectivity index (χ2v) is 9.36. The molecule has 0 spiro atoms. The third kappa shape index (κ3) is 5.23. The molecule has 29 heavy (non-hydrogen) atoms. The Morgan fingerprint density at radius 3 is 2.62 bits per heavy atom. The lowest BCUT2D eigenvalue weighted by molar-refractivity contribution is 0.335. The van der Waals surface area contributed by atoms with Gasteiger partial charge in [-0.15, -0.1) is 0 Å². The van der Waals surface area contributed by atoms with Crippen LogP contribution in [0.3, 0.4) is 0 Å². The minimum Gasteiger partial charge on any atom is -0.378 e. The molecule has 0 unspecified atom stereocenters. The number of nitrogens with one attached hydrogen (secondary N) is 1. The number of halogens is 1. The summed E-state index contributed by atoms with van der Waals surface area (Å²) in [6, 6.07) is 14.0. The second-order valence-electron chi connectivity index (χ2n) is 9.36. The minimum absolute atomic E-state index is 0.132. The third-order valence-electron chi connectivity index (χ3n) is 5.93. The van der Waals surface area contributed by atoms with Crippen LogP contribution in [-0.4, -0.2) is 26.2 Å². The Labute approximate surface area is 175 Å². The van der Waals surface area contributed by atoms with Crippen LogP contribution in [0.4, 0.5) is 21.5 Å². The van der Waals surface area contributed by atoms with Gasteiger partial charge in [0.2, 0.25) is 0 Å². The fraction of sp³-hybridized carbons (Fsp3) is 0.520. The Morgan fingerprint density at radius 2 is 1.90 bits per heavy atom. The summed E-state index contributed by atoms with van der Waals surface area (Å²) in [5.74, 6) is -0.165. The Bertz CT molecular complexity index is 812. The molecule has 1 aliphatic heterocycles. The van der Waals surface area contributed by atoms with E-state index in [-0.39, 0.29) is 11.2 Å². The minimum atomic E-state index is -0.165. The van der Waals surface area contributed by atoms with Crippen LogP contribution in [0.2, 0.25) is 0 Å². The van der Waals surface area contributed by atoms with Crippen molar-refractivity contribution in [1.29, 1.82) is 0 Å². The van der Waals surface area contributed by atoms with Gasteiger partial charge in [-0.3, -0.25) is 0 Å². The summed E-state index contributed by atoms with van der Waals surface area (Å²) in [6.45, 7) is 11.6. The van der Waals surface area contributed by atoms with E-state index in [1.165, 1.54) is 18.5 Å². The topological polar surface area (TPSA) is 18.5 Å². The first kappa shape index (κ1) is 21.5. The fourth-order valence-corrected chi connectivity index (χ4v) is 4.04. The molecule has 0 fully saturated rings. The number of nitrogens with zero attached hydrogens (tertiary/aromatic N) is 2. The van der Waals surface area contributed by atoms with E-state index < -0.39 is 0 Å². The van der Waals surface area contributed by atoms with E-state index in [9.17, 15) is 4.39 Å². The number of benzene rings is 2. The quantitative estimate of drug-likeness (QED) is 0.553. The molecule has 1 heterocycles. The number of fused-ring (bicyclic) bond motifs is 1. The van der Waals surface area contributed by atoms with Gasteiger partial charge in [-0.2, -0.15) is 0 Å². The van der Waals surface area contributed by atoms with Crippen LogP contribution in [0.1, 0.15) is 52.5 Å². The molecule has 4 heteroatoms. The van der Waals surface area contributed by atoms with Crippen LogP contribution in [0, 0.1) is 11.2 Å². The second kappa shape index (κ2) is 9.06. The highest BCUT2D eigenvalue weighted by Gasteiger charge is 2.32. The Kier molecular flexibility index (Phi) is 6.71. The van der Waals surface area contributed by atoms with Crippen molar-refractivity contribution in [2.24, 2.45) is 5.41 Å². The van der Waals surface area contributed by atoms with Gasteiger partial charge in [-0.25, -0.2) is 4.39 Å². The highest BCUT2D eigenvalue weighted by molar-refractivity contribution is 5.73. The van der Waals surface area contributed by atoms with E-state index in [0.717, 1.165) is 36.4 Å². The third-order valence-corrected chi connectivity index (χ3v) is 5.93. The zero-order valence-electron chi connectivity index (χ0n) is 18.6. The van der Waals surface area contributed by atoms with E-state index in [4.69, 9.17) is 0 Å². The average molecular weight is 398 g/mol. The number of unbranched alkanes of at least 4 members (excludes halogenated alkanes) is 2. The molecular formula is C25H36FN3. The van der Waals surface area contributed by atoms with Crippen LogP contribution >= 0.6 is 0 Å². The summed E-state index contributed by atoms with van der Waals surface area (Å²) < 4.78 is 14.2. The van der Waals surface area contributed by atoms with Gasteiger partial charge in [-0.05, 0) is 47.7 Å². The Balaban J connectivity index is 1.89. The fourth-order valence-electron chi connectivity index (χ4n) is 4.04. The van der Waals surface area contributed by atoms with E-state index in [1.807, 2.05) is 6.07 Å². The van der Waals surface area contributed by atoms with E-state index >= 15 is 0 Å². The molecule has 0 saturated heterocycles. The van der Waals surface area contributed by atoms with Gasteiger partial charge in [0.1, 0.15) is 5.82 Å². The maximum absolute atomic E-state index is 14.2. The van der Waals surface area contributed by atoms with Crippen molar-refractivity contribution < 1.29 is 4.39 Å². The first-order valence-electron chi connectivity index (χ1n) is 10.9. The van der Waals surface area contributed by atoms with E-state index in [1.54, 1.807) is 12.1 Å². The molecule has 0 aliphatic carbocycles. The molecule has 1 aliphatic rings. The smallest absolute Gasteiger partial charge is 0.123 e. The lowest BCUT2D eigenvalue weighted by Crippen LogP contribution is -2.48. The maximum atomic E-state index is 14.2. The lowest BCUT2D eigenvalue weighted by atomic mass is 9.85. The summed E-state index contributed by atoms with van der Waals surface area (Å²) in [5.41, 5.74) is 4.66. The first-order valence-corrected chi connectivity index (χ1v) is 10.9. The molecule has 0 aromatic heterocycles. The van der Waals surface area contributed by atoms with Crippen molar-refractivity contribution in [2.75, 3.05) is 35.3 Å². The van der Waals surface area contributed by atoms with Crippen molar-refractivity contribution in [2.45, 2.75) is 59.5 Å². The van der Waals surface area contributed by atoms with Crippen LogP contribution in [0.15, 0.2) is 42.5 Å². The first-order chi connectivity index (χ1) is 13.8. The molecule has 1 atom stereocenters. The normalized spacial score (nSPS) is 16.3. The number of rotatable bonds is 7. The predicted molar refractivity (Wildman–Crippen MR) is 124 cm³/mol. The summed E-state index contributed by atoms with van der Waals surface area (Å²) in [7, 11) is 2.12. The molecule has 158 valence electrons. The predicted octanol–water partition coefficient (Wildman–Crippen LogP) is 6.30. The van der Waals surface area contributed by atoms with E-state index in [0.29, 0.717) is 12.6 Å². The molecule has 0 bridgehead atoms. The van der Waals surface area contributed by atoms with Crippen LogP contribution < -0.4 is 15.1 Å². The molecule has 0 amide bonds. The largest absolute Gasteiger partial charge is 0.378 e. The number of para-hydroxylation sites is 2. The Morgan fingerprint density at radius 1 is 1.14 bits per heavy atom. The van der Waals surface area contributed by atoms with E-state index in [2.05, 4.69) is 74.1 Å². The molecular weight excluding hydrogens is 361 g/mol. The number of hydrogen-bond acceptors (Lipinski definition) is 3. The molecule has 0 saturated carbocycles. The van der Waals surface area contributed by atoms with Crippen LogP contribution in [-0.2, 0) is 6.54 Å². The number of hydrogen-bond donors (Lipinski definition) is 1. The molecule has 3 rings (SSSR count). The number of anilines is 3. The highest BCUT2D eigenvalue weighted by Crippen LogP contribution is 2.37. The van der Waals surface area contributed by atoms with Gasteiger partial charge in [-0.1, -0.05) is 52.7 Å². The van der Waals surface area contributed by atoms with Gasteiger partial charge in [0.05, 0.1) is 11.4 Å². The molecule has 2 aromatic carbocycles. The van der Waals surface area contributed by atoms with Gasteiger partial charge >= 0.3 is 0 Å². The lowest BCUT2D eigenvalue weighted by Gasteiger charge is -2.43. The van der Waals surface area contributed by atoms with Crippen molar-refractivity contribution in [3.63, 3.8) is 0 Å². The average Bonchev–Trinajstić information content (AvgIpc) is 2.67. The van der Waals surface area contributed by atoms with Crippen molar-refractivity contribution in [3.8, 4) is 0 Å². The summed E-state index contributed by atoms with van der Waals surface area (Å²) >= 11 is 0. The maximum Gasteiger partial charge on any atom is 0.123 e. The standard InChI is InChI=1S/C25H36FN3/c1-6-7-10-15-28(5)22-14-13-20(26)16-19(22)17-29-18-24(25(2,3)4)27-21-11-8-9-12-23(21)29/h8-9,11-14,16,24,27H,6-7,10,15,17-18H2,1-5H3/t24-/m0/s1. The van der Waals surface area contributed by atoms with Gasteiger partial charge in [0.15, 0.2) is 0 Å². The summed E-state index contributed by atoms with van der Waals surface area (Å²) in [6.07, 6.45) is 3.58. The molecule has 1 N–H and O–H groups in total. The summed E-state index contributed by atoms with van der Waals surface area (Å²) in [4.78, 5) is 4.68. The zero-order valence-corrected chi connectivity index (χ0v) is 18.6. The van der Waals surface area contributed by atoms with Gasteiger partial charge in [0.25, 0.3) is 0 Å². The zero-order chi connectivity index (χ0) is 21.0. The summed E-state index contributed by atoms with van der Waals surface area (Å²) in [5, 5.41) is 3.71. The van der Waals surface area contributed by atoms with Crippen LogP contribution in [0.5, 0.6) is 0 Å². The Hall–Kier alpha value is -2.23. The highest BCUT2D eigenvalue weighted by atomic mass is 19.1.